The smallest absolute Gasteiger partial charge is 0.196 e. The monoisotopic (exact) mass is 383 g/mol. The highest BCUT2D eigenvalue weighted by atomic mass is 32.2. The van der Waals surface area contributed by atoms with Crippen molar-refractivity contribution in [3.8, 4) is 0 Å². The van der Waals surface area contributed by atoms with Gasteiger partial charge in [-0.3, -0.25) is 5.32 Å². The lowest BCUT2D eigenvalue weighted by Gasteiger charge is -2.33. The second-order valence-electron chi connectivity index (χ2n) is 8.57. The zero-order chi connectivity index (χ0) is 20.5. The minimum Gasteiger partial charge on any atom is -0.472 e. The van der Waals surface area contributed by atoms with Crippen LogP contribution in [0.5, 0.6) is 0 Å². The number of thioether (sulfide) groups is 1. The molecule has 4 aliphatic heterocycles. The molecule has 0 aromatic rings. The van der Waals surface area contributed by atoms with E-state index in [1.807, 2.05) is 17.8 Å². The first-order valence-electron chi connectivity index (χ1n) is 12.0. The van der Waals surface area contributed by atoms with Crippen LogP contribution in [0, 0.1) is 11.8 Å². The quantitative estimate of drug-likeness (QED) is 0.673. The Labute approximate surface area is 170 Å². The number of rotatable bonds is 1. The third-order valence-corrected chi connectivity index (χ3v) is 8.41. The van der Waals surface area contributed by atoms with Gasteiger partial charge in [0.2, 0.25) is 0 Å². The first kappa shape index (κ1) is 13.8. The van der Waals surface area contributed by atoms with E-state index in [2.05, 4.69) is 16.4 Å². The van der Waals surface area contributed by atoms with Gasteiger partial charge < -0.3 is 4.74 Å². The van der Waals surface area contributed by atoms with Crippen molar-refractivity contribution in [2.75, 3.05) is 0 Å². The van der Waals surface area contributed by atoms with E-state index in [9.17, 15) is 0 Å². The topological polar surface area (TPSA) is 33.6 Å². The Kier molecular flexibility index (Phi) is 3.27. The molecule has 0 saturated carbocycles. The molecule has 142 valence electrons. The zero-order valence-corrected chi connectivity index (χ0v) is 16.4. The molecule has 4 heterocycles. The molecular formula is C23H28N2OS. The molecule has 4 heteroatoms. The fourth-order valence-electron chi connectivity index (χ4n) is 5.78. The van der Waals surface area contributed by atoms with Gasteiger partial charge >= 0.3 is 0 Å². The lowest BCUT2D eigenvalue weighted by molar-refractivity contribution is 0.146. The van der Waals surface area contributed by atoms with Crippen LogP contribution in [0.4, 0.5) is 0 Å². The predicted molar refractivity (Wildman–Crippen MR) is 111 cm³/mol. The summed E-state index contributed by atoms with van der Waals surface area (Å²) in [5.74, 6) is 1.61. The number of dihydropyridines is 1. The molecule has 0 bridgehead atoms. The molecule has 0 aromatic heterocycles. The van der Waals surface area contributed by atoms with Crippen LogP contribution in [0.15, 0.2) is 50.6 Å². The maximum atomic E-state index is 7.68. The van der Waals surface area contributed by atoms with E-state index in [0.29, 0.717) is 17.3 Å². The van der Waals surface area contributed by atoms with Crippen LogP contribution in [0.3, 0.4) is 0 Å². The van der Waals surface area contributed by atoms with Gasteiger partial charge in [-0.15, -0.1) is 11.8 Å². The van der Waals surface area contributed by atoms with Crippen molar-refractivity contribution in [2.45, 2.75) is 75.9 Å². The number of aliphatic imine (C=N–C) groups is 1. The van der Waals surface area contributed by atoms with Crippen LogP contribution >= 0.6 is 11.8 Å². The maximum absolute atomic E-state index is 7.68. The van der Waals surface area contributed by atoms with Gasteiger partial charge in [0.15, 0.2) is 6.23 Å². The summed E-state index contributed by atoms with van der Waals surface area (Å²) in [4.78, 5) is 6.10. The molecule has 0 spiro atoms. The van der Waals surface area contributed by atoms with Gasteiger partial charge in [-0.05, 0) is 85.9 Å². The first-order valence-corrected chi connectivity index (χ1v) is 11.4. The van der Waals surface area contributed by atoms with Crippen molar-refractivity contribution in [3.05, 3.63) is 45.6 Å². The second-order valence-corrected chi connectivity index (χ2v) is 9.77. The SMILES string of the molecule is [2H]C([2H])([2H])C1=N[C@H]2OC3=C([C@H]4CC=C5C6=C(CCCC6)SC5N4)CCCC3C2C=C1. The fourth-order valence-corrected chi connectivity index (χ4v) is 7.29. The van der Waals surface area contributed by atoms with Crippen molar-refractivity contribution in [1.29, 1.82) is 0 Å². The minimum absolute atomic E-state index is 0.172. The summed E-state index contributed by atoms with van der Waals surface area (Å²) in [5, 5.41) is 4.33. The Balaban J connectivity index is 1.27. The Hall–Kier alpha value is -1.26. The normalized spacial score (nSPS) is 42.1. The van der Waals surface area contributed by atoms with E-state index in [0.717, 1.165) is 25.0 Å². The standard InChI is InChI=1S/C23H28N2OS/c1-13-9-10-16-15-6-4-7-18(21(15)26-22(16)24-13)19-12-11-17-14-5-2-3-8-20(14)27-23(17)25-19/h9-11,15-16,19,22-23,25H,2-8,12H2,1H3/t15?,16?,19-,22+,23?/m1/s1/i1D3. The third-order valence-electron chi connectivity index (χ3n) is 7.05. The van der Waals surface area contributed by atoms with Crippen LogP contribution in [-0.2, 0) is 4.74 Å². The highest BCUT2D eigenvalue weighted by Gasteiger charge is 2.46. The van der Waals surface area contributed by atoms with E-state index in [-0.39, 0.29) is 17.9 Å². The number of nitrogens with zero attached hydrogens (tertiary/aromatic N) is 1. The number of fused-ring (bicyclic) bond motifs is 5. The number of ether oxygens (including phenoxy) is 1. The summed E-state index contributed by atoms with van der Waals surface area (Å²) >= 11 is 2.04. The number of hydrogen-bond donors (Lipinski definition) is 1. The number of hydrogen-bond acceptors (Lipinski definition) is 4. The molecule has 1 saturated heterocycles. The van der Waals surface area contributed by atoms with Crippen LogP contribution < -0.4 is 5.32 Å². The van der Waals surface area contributed by atoms with Crippen LogP contribution in [0.25, 0.3) is 0 Å². The van der Waals surface area contributed by atoms with Crippen LogP contribution in [0.2, 0.25) is 0 Å². The highest BCUT2D eigenvalue weighted by molar-refractivity contribution is 8.04. The molecule has 2 aliphatic carbocycles. The highest BCUT2D eigenvalue weighted by Crippen LogP contribution is 2.51. The maximum Gasteiger partial charge on any atom is 0.196 e. The zero-order valence-electron chi connectivity index (χ0n) is 18.5. The number of allylic oxidation sites excluding steroid dienone is 3. The van der Waals surface area contributed by atoms with E-state index in [1.54, 1.807) is 22.1 Å². The predicted octanol–water partition coefficient (Wildman–Crippen LogP) is 5.23. The summed E-state index contributed by atoms with van der Waals surface area (Å²) in [6.45, 7) is -2.17. The lowest BCUT2D eigenvalue weighted by Crippen LogP contribution is -2.42. The van der Waals surface area contributed by atoms with E-state index < -0.39 is 6.85 Å². The molecule has 3 nitrogen and oxygen atoms in total. The van der Waals surface area contributed by atoms with Gasteiger partial charge in [-0.25, -0.2) is 4.99 Å². The van der Waals surface area contributed by atoms with Crippen molar-refractivity contribution in [3.63, 3.8) is 0 Å². The van der Waals surface area contributed by atoms with Gasteiger partial charge in [-0.2, -0.15) is 0 Å². The van der Waals surface area contributed by atoms with Crippen LogP contribution in [0.1, 0.15) is 62.3 Å². The van der Waals surface area contributed by atoms with Crippen molar-refractivity contribution < 1.29 is 8.85 Å². The third kappa shape index (κ3) is 2.63. The Morgan fingerprint density at radius 1 is 1.26 bits per heavy atom. The molecule has 0 amide bonds. The Morgan fingerprint density at radius 3 is 3.19 bits per heavy atom. The Bertz CT molecular complexity index is 929. The molecule has 6 rings (SSSR count). The van der Waals surface area contributed by atoms with Gasteiger partial charge in [0.1, 0.15) is 5.76 Å². The Morgan fingerprint density at radius 2 is 2.22 bits per heavy atom. The van der Waals surface area contributed by atoms with Crippen molar-refractivity contribution in [2.24, 2.45) is 16.8 Å². The van der Waals surface area contributed by atoms with Crippen molar-refractivity contribution >= 4 is 17.5 Å². The fraction of sp³-hybridized carbons (Fsp3) is 0.609. The molecular weight excluding hydrogens is 352 g/mol. The molecule has 27 heavy (non-hydrogen) atoms. The molecule has 3 unspecified atom stereocenters. The van der Waals surface area contributed by atoms with Gasteiger partial charge in [0.25, 0.3) is 0 Å². The molecule has 1 fully saturated rings. The minimum atomic E-state index is -2.17. The molecule has 0 aromatic carbocycles. The average molecular weight is 384 g/mol. The summed E-state index contributed by atoms with van der Waals surface area (Å²) in [6.07, 6.45) is 15.4. The van der Waals surface area contributed by atoms with Gasteiger partial charge in [-0.1, -0.05) is 12.2 Å². The van der Waals surface area contributed by atoms with E-state index in [1.165, 1.54) is 37.7 Å². The molecule has 6 aliphatic rings. The first-order chi connectivity index (χ1) is 14.5. The van der Waals surface area contributed by atoms with E-state index >= 15 is 0 Å². The largest absolute Gasteiger partial charge is 0.472 e. The second kappa shape index (κ2) is 6.38. The molecule has 0 radical (unpaired) electrons. The average Bonchev–Trinajstić information content (AvgIpc) is 3.30. The molecule has 5 atom stereocenters. The van der Waals surface area contributed by atoms with Gasteiger partial charge in [0.05, 0.1) is 5.37 Å². The van der Waals surface area contributed by atoms with E-state index in [4.69, 9.17) is 8.85 Å². The summed E-state index contributed by atoms with van der Waals surface area (Å²) in [6, 6.07) is 0.320. The van der Waals surface area contributed by atoms with Crippen LogP contribution in [-0.4, -0.2) is 23.4 Å². The molecule has 1 N–H and O–H groups in total. The number of nitrogens with one attached hydrogen (secondary N) is 1. The lowest BCUT2D eigenvalue weighted by atomic mass is 9.78. The summed E-state index contributed by atoms with van der Waals surface area (Å²) in [5.41, 5.74) is 4.74. The van der Waals surface area contributed by atoms with Crippen molar-refractivity contribution in [1.82, 2.24) is 5.32 Å². The summed E-state index contributed by atoms with van der Waals surface area (Å²) < 4.78 is 29.4. The summed E-state index contributed by atoms with van der Waals surface area (Å²) in [7, 11) is 0. The van der Waals surface area contributed by atoms with Gasteiger partial charge in [0, 0.05) is 27.7 Å².